The maximum absolute atomic E-state index is 13.7. The lowest BCUT2D eigenvalue weighted by Crippen LogP contribution is -2.39. The fourth-order valence-electron chi connectivity index (χ4n) is 3.13. The van der Waals surface area contributed by atoms with Crippen LogP contribution in [-0.4, -0.2) is 43.7 Å². The zero-order chi connectivity index (χ0) is 17.2. The van der Waals surface area contributed by atoms with Gasteiger partial charge in [0.2, 0.25) is 0 Å². The van der Waals surface area contributed by atoms with Gasteiger partial charge in [-0.25, -0.2) is 24.3 Å². The van der Waals surface area contributed by atoms with Gasteiger partial charge >= 0.3 is 0 Å². The Kier molecular flexibility index (Phi) is 4.17. The number of halogens is 1. The highest BCUT2D eigenvalue weighted by Gasteiger charge is 2.25. The van der Waals surface area contributed by atoms with E-state index in [1.165, 1.54) is 12.3 Å². The minimum absolute atomic E-state index is 0.0498. The van der Waals surface area contributed by atoms with E-state index in [-0.39, 0.29) is 12.0 Å². The Hall–Kier alpha value is -2.77. The summed E-state index contributed by atoms with van der Waals surface area (Å²) in [6, 6.07) is 2.92. The highest BCUT2D eigenvalue weighted by atomic mass is 19.1. The molecule has 3 aromatic heterocycles. The largest absolute Gasteiger partial charge is 0.472 e. The molecule has 1 fully saturated rings. The van der Waals surface area contributed by atoms with Crippen molar-refractivity contribution < 1.29 is 9.13 Å². The van der Waals surface area contributed by atoms with Crippen LogP contribution >= 0.6 is 0 Å². The molecule has 1 aliphatic rings. The third kappa shape index (κ3) is 2.99. The number of aryl methyl sites for hydroxylation is 1. The van der Waals surface area contributed by atoms with E-state index < -0.39 is 5.82 Å². The van der Waals surface area contributed by atoms with Crippen LogP contribution in [0, 0.1) is 5.82 Å². The molecule has 8 heteroatoms. The molecule has 0 radical (unpaired) electrons. The van der Waals surface area contributed by atoms with Crippen molar-refractivity contribution in [2.75, 3.05) is 18.0 Å². The first-order valence-corrected chi connectivity index (χ1v) is 8.44. The first-order chi connectivity index (χ1) is 12.3. The van der Waals surface area contributed by atoms with Crippen LogP contribution in [0.25, 0.3) is 11.2 Å². The summed E-state index contributed by atoms with van der Waals surface area (Å²) < 4.78 is 21.4. The summed E-state index contributed by atoms with van der Waals surface area (Å²) in [6.07, 6.45) is 6.41. The molecular weight excluding hydrogens is 323 g/mol. The van der Waals surface area contributed by atoms with Crippen molar-refractivity contribution in [2.45, 2.75) is 32.4 Å². The summed E-state index contributed by atoms with van der Waals surface area (Å²) in [6.45, 7) is 4.41. The number of imidazole rings is 1. The lowest BCUT2D eigenvalue weighted by Gasteiger charge is -2.32. The Labute approximate surface area is 144 Å². The molecule has 130 valence electrons. The van der Waals surface area contributed by atoms with Gasteiger partial charge in [0, 0.05) is 38.7 Å². The summed E-state index contributed by atoms with van der Waals surface area (Å²) in [5, 5.41) is 0. The van der Waals surface area contributed by atoms with Crippen molar-refractivity contribution >= 4 is 17.0 Å². The van der Waals surface area contributed by atoms with Crippen molar-refractivity contribution in [3.8, 4) is 5.88 Å². The number of hydrogen-bond acceptors (Lipinski definition) is 6. The van der Waals surface area contributed by atoms with E-state index in [4.69, 9.17) is 4.74 Å². The second-order valence-electron chi connectivity index (χ2n) is 5.99. The molecule has 3 aromatic rings. The van der Waals surface area contributed by atoms with Crippen LogP contribution in [0.2, 0.25) is 0 Å². The lowest BCUT2D eigenvalue weighted by molar-refractivity contribution is 0.156. The van der Waals surface area contributed by atoms with Gasteiger partial charge < -0.3 is 14.2 Å². The van der Waals surface area contributed by atoms with Crippen LogP contribution < -0.4 is 9.64 Å². The smallest absolute Gasteiger partial charge is 0.250 e. The molecule has 7 nitrogen and oxygen atoms in total. The number of anilines is 1. The Balaban J connectivity index is 1.47. The first kappa shape index (κ1) is 15.7. The van der Waals surface area contributed by atoms with Crippen molar-refractivity contribution in [3.63, 3.8) is 0 Å². The SMILES string of the molecule is CCn1cnc2c(N3CCC(Oc4ncccc4F)CC3)ncnc21. The second kappa shape index (κ2) is 6.62. The maximum atomic E-state index is 13.7. The van der Waals surface area contributed by atoms with Gasteiger partial charge in [0.15, 0.2) is 22.8 Å². The van der Waals surface area contributed by atoms with Crippen molar-refractivity contribution in [2.24, 2.45) is 0 Å². The number of aromatic nitrogens is 5. The van der Waals surface area contributed by atoms with Gasteiger partial charge in [-0.3, -0.25) is 0 Å². The molecule has 1 saturated heterocycles. The molecule has 0 unspecified atom stereocenters. The Bertz CT molecular complexity index is 874. The third-order valence-corrected chi connectivity index (χ3v) is 4.47. The first-order valence-electron chi connectivity index (χ1n) is 8.44. The third-order valence-electron chi connectivity index (χ3n) is 4.47. The molecule has 25 heavy (non-hydrogen) atoms. The molecular formula is C17H19FN6O. The van der Waals surface area contributed by atoms with Gasteiger partial charge in [-0.15, -0.1) is 0 Å². The maximum Gasteiger partial charge on any atom is 0.250 e. The van der Waals surface area contributed by atoms with Gasteiger partial charge in [0.25, 0.3) is 5.88 Å². The fraction of sp³-hybridized carbons (Fsp3) is 0.412. The van der Waals surface area contributed by atoms with E-state index in [1.807, 2.05) is 4.57 Å². The normalized spacial score (nSPS) is 15.7. The predicted octanol–water partition coefficient (Wildman–Crippen LogP) is 2.43. The summed E-state index contributed by atoms with van der Waals surface area (Å²) in [7, 11) is 0. The monoisotopic (exact) mass is 342 g/mol. The Morgan fingerprint density at radius 3 is 2.80 bits per heavy atom. The number of fused-ring (bicyclic) bond motifs is 1. The molecule has 4 heterocycles. The number of pyridine rings is 1. The van der Waals surface area contributed by atoms with E-state index in [1.54, 1.807) is 18.7 Å². The number of piperidine rings is 1. The van der Waals surface area contributed by atoms with Crippen molar-refractivity contribution in [3.05, 3.63) is 36.8 Å². The summed E-state index contributed by atoms with van der Waals surface area (Å²) >= 11 is 0. The van der Waals surface area contributed by atoms with Crippen molar-refractivity contribution in [1.29, 1.82) is 0 Å². The Morgan fingerprint density at radius 1 is 1.20 bits per heavy atom. The van der Waals surface area contributed by atoms with Crippen molar-refractivity contribution in [1.82, 2.24) is 24.5 Å². The number of ether oxygens (including phenoxy) is 1. The molecule has 1 aliphatic heterocycles. The van der Waals surface area contributed by atoms with Gasteiger partial charge in [0.05, 0.1) is 6.33 Å². The van der Waals surface area contributed by atoms with Gasteiger partial charge in [-0.2, -0.15) is 0 Å². The number of nitrogens with zero attached hydrogens (tertiary/aromatic N) is 6. The molecule has 0 bridgehead atoms. The van der Waals surface area contributed by atoms with E-state index in [9.17, 15) is 4.39 Å². The second-order valence-corrected chi connectivity index (χ2v) is 5.99. The van der Waals surface area contributed by atoms with E-state index >= 15 is 0 Å². The molecule has 0 N–H and O–H groups in total. The van der Waals surface area contributed by atoms with Crippen LogP contribution in [-0.2, 0) is 6.54 Å². The topological polar surface area (TPSA) is 69.0 Å². The van der Waals surface area contributed by atoms with Gasteiger partial charge in [-0.05, 0) is 19.1 Å². The average molecular weight is 342 g/mol. The van der Waals surface area contributed by atoms with Gasteiger partial charge in [-0.1, -0.05) is 0 Å². The highest BCUT2D eigenvalue weighted by Crippen LogP contribution is 2.26. The highest BCUT2D eigenvalue weighted by molar-refractivity contribution is 5.83. The minimum atomic E-state index is -0.424. The predicted molar refractivity (Wildman–Crippen MR) is 91.1 cm³/mol. The molecule has 0 aliphatic carbocycles. The van der Waals surface area contributed by atoms with Crippen LogP contribution in [0.15, 0.2) is 31.0 Å². The molecule has 0 saturated carbocycles. The quantitative estimate of drug-likeness (QED) is 0.725. The molecule has 0 amide bonds. The van der Waals surface area contributed by atoms with Crippen LogP contribution in [0.4, 0.5) is 10.2 Å². The lowest BCUT2D eigenvalue weighted by atomic mass is 10.1. The minimum Gasteiger partial charge on any atom is -0.472 e. The summed E-state index contributed by atoms with van der Waals surface area (Å²) in [4.78, 5) is 19.4. The summed E-state index contributed by atoms with van der Waals surface area (Å²) in [5.74, 6) is 0.499. The molecule has 0 aromatic carbocycles. The standard InChI is InChI=1S/C17H19FN6O/c1-2-23-11-22-14-15(23)20-10-21-16(14)24-8-5-12(6-9-24)25-17-13(18)4-3-7-19-17/h3-4,7,10-12H,2,5-6,8-9H2,1H3. The zero-order valence-electron chi connectivity index (χ0n) is 14.0. The van der Waals surface area contributed by atoms with Gasteiger partial charge in [0.1, 0.15) is 12.4 Å². The molecule has 0 spiro atoms. The van der Waals surface area contributed by atoms with E-state index in [2.05, 4.69) is 31.8 Å². The Morgan fingerprint density at radius 2 is 2.04 bits per heavy atom. The number of rotatable bonds is 4. The van der Waals surface area contributed by atoms with E-state index in [0.717, 1.165) is 49.5 Å². The van der Waals surface area contributed by atoms with Crippen LogP contribution in [0.1, 0.15) is 19.8 Å². The fourth-order valence-corrected chi connectivity index (χ4v) is 3.13. The molecule has 0 atom stereocenters. The number of hydrogen-bond donors (Lipinski definition) is 0. The molecule has 4 rings (SSSR count). The summed E-state index contributed by atoms with van der Waals surface area (Å²) in [5.41, 5.74) is 1.67. The average Bonchev–Trinajstić information content (AvgIpc) is 3.07. The van der Waals surface area contributed by atoms with E-state index in [0.29, 0.717) is 0 Å². The van der Waals surface area contributed by atoms with Crippen LogP contribution in [0.3, 0.4) is 0 Å². The zero-order valence-corrected chi connectivity index (χ0v) is 14.0. The van der Waals surface area contributed by atoms with Crippen LogP contribution in [0.5, 0.6) is 5.88 Å².